The quantitative estimate of drug-likeness (QED) is 0.847. The zero-order valence-corrected chi connectivity index (χ0v) is 12.9. The first kappa shape index (κ1) is 15.4. The largest absolute Gasteiger partial charge is 0.399 e. The Kier molecular flexibility index (Phi) is 4.53. The minimum Gasteiger partial charge on any atom is -0.399 e. The van der Waals surface area contributed by atoms with Gasteiger partial charge in [0.05, 0.1) is 10.6 Å². The Labute approximate surface area is 130 Å². The van der Waals surface area contributed by atoms with E-state index >= 15 is 0 Å². The van der Waals surface area contributed by atoms with E-state index in [2.05, 4.69) is 31.3 Å². The molecule has 0 aromatic heterocycles. The number of halogens is 1. The number of carbonyl (C=O) groups excluding carboxylic acids is 1. The predicted molar refractivity (Wildman–Crippen MR) is 87.7 cm³/mol. The molecule has 0 aliphatic rings. The van der Waals surface area contributed by atoms with Crippen molar-refractivity contribution >= 4 is 23.2 Å². The fourth-order valence-electron chi connectivity index (χ4n) is 2.10. The molecule has 0 radical (unpaired) electrons. The molecule has 3 N–H and O–H groups in total. The molecular formula is C17H19ClN2O. The van der Waals surface area contributed by atoms with Crippen LogP contribution in [-0.2, 0) is 5.41 Å². The summed E-state index contributed by atoms with van der Waals surface area (Å²) in [5.74, 6) is -0.212. The number of benzene rings is 2. The molecule has 4 heteroatoms. The van der Waals surface area contributed by atoms with Crippen LogP contribution in [0.5, 0.6) is 0 Å². The molecule has 2 aromatic rings. The summed E-state index contributed by atoms with van der Waals surface area (Å²) in [6.07, 6.45) is 0. The van der Waals surface area contributed by atoms with E-state index in [1.165, 1.54) is 5.56 Å². The zero-order chi connectivity index (χ0) is 15.5. The van der Waals surface area contributed by atoms with E-state index in [4.69, 9.17) is 17.3 Å². The average molecular weight is 303 g/mol. The normalized spacial score (nSPS) is 11.2. The third kappa shape index (κ3) is 3.76. The summed E-state index contributed by atoms with van der Waals surface area (Å²) in [6.45, 7) is 4.69. The highest BCUT2D eigenvalue weighted by molar-refractivity contribution is 6.34. The summed E-state index contributed by atoms with van der Waals surface area (Å²) in [6, 6.07) is 15.0. The van der Waals surface area contributed by atoms with E-state index in [-0.39, 0.29) is 11.3 Å². The van der Waals surface area contributed by atoms with E-state index in [9.17, 15) is 4.79 Å². The van der Waals surface area contributed by atoms with Crippen LogP contribution in [-0.4, -0.2) is 12.5 Å². The van der Waals surface area contributed by atoms with Gasteiger partial charge in [-0.25, -0.2) is 0 Å². The Morgan fingerprint density at radius 1 is 1.19 bits per heavy atom. The fourth-order valence-corrected chi connectivity index (χ4v) is 2.31. The number of anilines is 1. The fraction of sp³-hybridized carbons (Fsp3) is 0.235. The summed E-state index contributed by atoms with van der Waals surface area (Å²) in [7, 11) is 0. The van der Waals surface area contributed by atoms with Crippen LogP contribution in [0.3, 0.4) is 0 Å². The Hall–Kier alpha value is -2.00. The van der Waals surface area contributed by atoms with Gasteiger partial charge in [-0.05, 0) is 23.8 Å². The highest BCUT2D eigenvalue weighted by atomic mass is 35.5. The van der Waals surface area contributed by atoms with Crippen LogP contribution >= 0.6 is 11.6 Å². The molecule has 0 aliphatic heterocycles. The Morgan fingerprint density at radius 2 is 1.86 bits per heavy atom. The topological polar surface area (TPSA) is 55.1 Å². The summed E-state index contributed by atoms with van der Waals surface area (Å²) in [5, 5.41) is 3.33. The maximum absolute atomic E-state index is 12.2. The Balaban J connectivity index is 2.09. The van der Waals surface area contributed by atoms with Crippen LogP contribution in [0.25, 0.3) is 0 Å². The molecule has 0 saturated heterocycles. The van der Waals surface area contributed by atoms with Crippen molar-refractivity contribution in [2.75, 3.05) is 12.3 Å². The molecule has 3 nitrogen and oxygen atoms in total. The number of hydrogen-bond donors (Lipinski definition) is 2. The number of nitrogens with one attached hydrogen (secondary N) is 1. The van der Waals surface area contributed by atoms with Gasteiger partial charge in [0, 0.05) is 17.6 Å². The smallest absolute Gasteiger partial charge is 0.252 e. The molecule has 2 rings (SSSR count). The second-order valence-electron chi connectivity index (χ2n) is 5.67. The lowest BCUT2D eigenvalue weighted by molar-refractivity contribution is 0.0946. The lowest BCUT2D eigenvalue weighted by atomic mass is 9.84. The second-order valence-corrected chi connectivity index (χ2v) is 6.08. The van der Waals surface area contributed by atoms with Gasteiger partial charge < -0.3 is 11.1 Å². The van der Waals surface area contributed by atoms with Crippen molar-refractivity contribution in [2.45, 2.75) is 19.3 Å². The lowest BCUT2D eigenvalue weighted by Crippen LogP contribution is -2.36. The highest BCUT2D eigenvalue weighted by Crippen LogP contribution is 2.23. The molecule has 21 heavy (non-hydrogen) atoms. The Bertz CT molecular complexity index is 638. The minimum atomic E-state index is -0.212. The van der Waals surface area contributed by atoms with E-state index in [0.29, 0.717) is 22.8 Å². The maximum Gasteiger partial charge on any atom is 0.252 e. The molecule has 2 aromatic carbocycles. The highest BCUT2D eigenvalue weighted by Gasteiger charge is 2.22. The van der Waals surface area contributed by atoms with Crippen LogP contribution in [0.2, 0.25) is 5.02 Å². The van der Waals surface area contributed by atoms with Crippen LogP contribution in [0.15, 0.2) is 48.5 Å². The zero-order valence-electron chi connectivity index (χ0n) is 12.2. The Morgan fingerprint density at radius 3 is 2.52 bits per heavy atom. The SMILES string of the molecule is CC(C)(CNC(=O)c1cc(N)ccc1Cl)c1ccccc1. The predicted octanol–water partition coefficient (Wildman–Crippen LogP) is 3.63. The van der Waals surface area contributed by atoms with E-state index in [0.717, 1.165) is 0 Å². The van der Waals surface area contributed by atoms with Crippen molar-refractivity contribution in [2.24, 2.45) is 0 Å². The number of rotatable bonds is 4. The van der Waals surface area contributed by atoms with Crippen LogP contribution < -0.4 is 11.1 Å². The number of amides is 1. The van der Waals surface area contributed by atoms with Crippen molar-refractivity contribution in [3.63, 3.8) is 0 Å². The van der Waals surface area contributed by atoms with E-state index in [1.807, 2.05) is 18.2 Å². The monoisotopic (exact) mass is 302 g/mol. The summed E-state index contributed by atoms with van der Waals surface area (Å²) in [5.41, 5.74) is 7.63. The minimum absolute atomic E-state index is 0.163. The summed E-state index contributed by atoms with van der Waals surface area (Å²) < 4.78 is 0. The van der Waals surface area contributed by atoms with Gasteiger partial charge >= 0.3 is 0 Å². The first-order valence-corrected chi connectivity index (χ1v) is 7.17. The van der Waals surface area contributed by atoms with Crippen LogP contribution in [0, 0.1) is 0 Å². The average Bonchev–Trinajstić information content (AvgIpc) is 2.48. The van der Waals surface area contributed by atoms with Gasteiger partial charge in [0.15, 0.2) is 0 Å². The van der Waals surface area contributed by atoms with Crippen LogP contribution in [0.1, 0.15) is 29.8 Å². The molecular weight excluding hydrogens is 284 g/mol. The molecule has 0 spiro atoms. The third-order valence-electron chi connectivity index (χ3n) is 3.48. The summed E-state index contributed by atoms with van der Waals surface area (Å²) >= 11 is 6.04. The third-order valence-corrected chi connectivity index (χ3v) is 3.81. The number of nitrogens with two attached hydrogens (primary N) is 1. The maximum atomic E-state index is 12.2. The van der Waals surface area contributed by atoms with Crippen molar-refractivity contribution in [3.8, 4) is 0 Å². The van der Waals surface area contributed by atoms with E-state index < -0.39 is 0 Å². The number of carbonyl (C=O) groups is 1. The van der Waals surface area contributed by atoms with Crippen molar-refractivity contribution in [1.29, 1.82) is 0 Å². The number of nitrogen functional groups attached to an aromatic ring is 1. The van der Waals surface area contributed by atoms with Crippen molar-refractivity contribution in [1.82, 2.24) is 5.32 Å². The molecule has 0 atom stereocenters. The molecule has 0 heterocycles. The molecule has 0 fully saturated rings. The van der Waals surface area contributed by atoms with Gasteiger partial charge in [-0.2, -0.15) is 0 Å². The van der Waals surface area contributed by atoms with Crippen LogP contribution in [0.4, 0.5) is 5.69 Å². The van der Waals surface area contributed by atoms with Crippen molar-refractivity contribution < 1.29 is 4.79 Å². The van der Waals surface area contributed by atoms with Gasteiger partial charge in [0.1, 0.15) is 0 Å². The first-order chi connectivity index (χ1) is 9.90. The van der Waals surface area contributed by atoms with Gasteiger partial charge in [0.25, 0.3) is 5.91 Å². The number of hydrogen-bond acceptors (Lipinski definition) is 2. The van der Waals surface area contributed by atoms with Gasteiger partial charge in [-0.15, -0.1) is 0 Å². The molecule has 0 bridgehead atoms. The standard InChI is InChI=1S/C17H19ClN2O/c1-17(2,12-6-4-3-5-7-12)11-20-16(21)14-10-13(19)8-9-15(14)18/h3-10H,11,19H2,1-2H3,(H,20,21). The van der Waals surface area contributed by atoms with Gasteiger partial charge in [-0.3, -0.25) is 4.79 Å². The molecule has 0 unspecified atom stereocenters. The molecule has 1 amide bonds. The summed E-state index contributed by atoms with van der Waals surface area (Å²) in [4.78, 5) is 12.2. The first-order valence-electron chi connectivity index (χ1n) is 6.79. The van der Waals surface area contributed by atoms with Gasteiger partial charge in [0.2, 0.25) is 0 Å². The second kappa shape index (κ2) is 6.19. The molecule has 0 saturated carbocycles. The van der Waals surface area contributed by atoms with E-state index in [1.54, 1.807) is 18.2 Å². The van der Waals surface area contributed by atoms with Crippen molar-refractivity contribution in [3.05, 3.63) is 64.7 Å². The lowest BCUT2D eigenvalue weighted by Gasteiger charge is -2.25. The van der Waals surface area contributed by atoms with Gasteiger partial charge in [-0.1, -0.05) is 55.8 Å². The molecule has 0 aliphatic carbocycles. The molecule has 110 valence electrons.